The number of ether oxygens (including phenoxy) is 2. The summed E-state index contributed by atoms with van der Waals surface area (Å²) in [6.07, 6.45) is -1.07. The van der Waals surface area contributed by atoms with Gasteiger partial charge in [0.05, 0.1) is 24.3 Å². The Kier molecular flexibility index (Phi) is 12.3. The maximum atomic E-state index is 13.0. The van der Waals surface area contributed by atoms with Crippen LogP contribution >= 0.6 is 0 Å². The maximum Gasteiger partial charge on any atom is 0.408 e. The molecule has 1 aromatic carbocycles. The Morgan fingerprint density at radius 1 is 1.18 bits per heavy atom. The largest absolute Gasteiger partial charge is 0.493 e. The van der Waals surface area contributed by atoms with Crippen LogP contribution in [0.1, 0.15) is 57.8 Å². The summed E-state index contributed by atoms with van der Waals surface area (Å²) in [4.78, 5) is 26.3. The average Bonchev–Trinajstić information content (AvgIpc) is 2.76. The third-order valence-corrected chi connectivity index (χ3v) is 5.84. The molecule has 194 valence electrons. The fourth-order valence-electron chi connectivity index (χ4n) is 3.90. The number of nitrogens with one attached hydrogen (secondary N) is 1. The Hall–Kier alpha value is -2.36. The van der Waals surface area contributed by atoms with Crippen molar-refractivity contribution in [3.63, 3.8) is 0 Å². The molecule has 0 spiro atoms. The zero-order valence-electron chi connectivity index (χ0n) is 21.4. The van der Waals surface area contributed by atoms with Gasteiger partial charge in [-0.05, 0) is 51.2 Å². The third kappa shape index (κ3) is 9.12. The number of carboxylic acid groups (broad SMARTS) is 1. The topological polar surface area (TPSA) is 134 Å². The second-order valence-electron chi connectivity index (χ2n) is 9.83. The second kappa shape index (κ2) is 14.1. The predicted molar refractivity (Wildman–Crippen MR) is 132 cm³/mol. The number of nitrogens with zero attached hydrogens (tertiary/aromatic N) is 1. The van der Waals surface area contributed by atoms with Crippen LogP contribution in [0.3, 0.4) is 0 Å². The molecular weight excluding hydrogens is 438 g/mol. The molecule has 5 N–H and O–H groups in total. The molecule has 0 aromatic heterocycles. The van der Waals surface area contributed by atoms with Crippen molar-refractivity contribution in [2.75, 3.05) is 33.4 Å². The van der Waals surface area contributed by atoms with Crippen LogP contribution in [0.4, 0.5) is 4.79 Å². The van der Waals surface area contributed by atoms with Crippen molar-refractivity contribution < 1.29 is 29.3 Å². The number of hydrogen-bond donors (Lipinski definition) is 4. The standard InChI is InChI=1S/C25H43N3O6/c1-17(2)18(14-20(21(29)15-26)28(24(31)32)25(3,4)5)16-27-23(30)19-10-7-8-11-22(19)34-13-9-12-33-6/h7-8,10-11,17-18,20-21,29H,9,12-16,26H2,1-6H3,(H,27,30)(H,31,32)/t18-,20+,21+/m1/s1. The first-order valence-electron chi connectivity index (χ1n) is 11.8. The Morgan fingerprint density at radius 3 is 2.35 bits per heavy atom. The van der Waals surface area contributed by atoms with E-state index in [1.54, 1.807) is 46.1 Å². The second-order valence-corrected chi connectivity index (χ2v) is 9.83. The molecule has 2 amide bonds. The number of carbonyl (C=O) groups excluding carboxylic acids is 1. The summed E-state index contributed by atoms with van der Waals surface area (Å²) < 4.78 is 10.8. The lowest BCUT2D eigenvalue weighted by molar-refractivity contribution is -0.00208. The van der Waals surface area contributed by atoms with Gasteiger partial charge in [0.15, 0.2) is 0 Å². The summed E-state index contributed by atoms with van der Waals surface area (Å²) in [7, 11) is 1.63. The Bertz CT molecular complexity index is 765. The highest BCUT2D eigenvalue weighted by Crippen LogP contribution is 2.27. The van der Waals surface area contributed by atoms with Crippen LogP contribution < -0.4 is 15.8 Å². The number of methoxy groups -OCH3 is 1. The van der Waals surface area contributed by atoms with Gasteiger partial charge in [0.1, 0.15) is 5.75 Å². The molecule has 3 atom stereocenters. The van der Waals surface area contributed by atoms with Crippen molar-refractivity contribution in [1.29, 1.82) is 0 Å². The van der Waals surface area contributed by atoms with Crippen LogP contribution in [0, 0.1) is 11.8 Å². The van der Waals surface area contributed by atoms with Crippen molar-refractivity contribution in [3.8, 4) is 5.75 Å². The molecule has 0 aliphatic rings. The summed E-state index contributed by atoms with van der Waals surface area (Å²) in [6.45, 7) is 10.6. The number of amides is 2. The number of hydrogen-bond acceptors (Lipinski definition) is 6. The number of aliphatic hydroxyl groups is 1. The molecule has 0 unspecified atom stereocenters. The molecule has 0 aliphatic heterocycles. The number of carbonyl (C=O) groups is 2. The molecule has 0 aliphatic carbocycles. The Morgan fingerprint density at radius 2 is 1.82 bits per heavy atom. The van der Waals surface area contributed by atoms with E-state index in [4.69, 9.17) is 15.2 Å². The zero-order valence-corrected chi connectivity index (χ0v) is 21.4. The van der Waals surface area contributed by atoms with E-state index in [1.807, 2.05) is 19.9 Å². The molecule has 0 radical (unpaired) electrons. The number of aliphatic hydroxyl groups excluding tert-OH is 1. The minimum atomic E-state index is -1.11. The normalized spacial score (nSPS) is 14.4. The predicted octanol–water partition coefficient (Wildman–Crippen LogP) is 2.96. The zero-order chi connectivity index (χ0) is 25.9. The van der Waals surface area contributed by atoms with Gasteiger partial charge in [-0.2, -0.15) is 0 Å². The van der Waals surface area contributed by atoms with E-state index < -0.39 is 23.8 Å². The van der Waals surface area contributed by atoms with Crippen molar-refractivity contribution in [3.05, 3.63) is 29.8 Å². The first-order valence-corrected chi connectivity index (χ1v) is 11.8. The summed E-state index contributed by atoms with van der Waals surface area (Å²) >= 11 is 0. The van der Waals surface area contributed by atoms with Gasteiger partial charge in [0.2, 0.25) is 0 Å². The fraction of sp³-hybridized carbons (Fsp3) is 0.680. The summed E-state index contributed by atoms with van der Waals surface area (Å²) in [5.41, 5.74) is 5.43. The van der Waals surface area contributed by atoms with Crippen LogP contribution in [0.5, 0.6) is 5.75 Å². The number of rotatable bonds is 14. The van der Waals surface area contributed by atoms with E-state index in [9.17, 15) is 19.8 Å². The number of para-hydroxylation sites is 1. The van der Waals surface area contributed by atoms with E-state index >= 15 is 0 Å². The molecule has 1 rings (SSSR count). The Balaban J connectivity index is 2.98. The number of nitrogens with two attached hydrogens (primary N) is 1. The summed E-state index contributed by atoms with van der Waals surface area (Å²) in [6, 6.07) is 6.34. The van der Waals surface area contributed by atoms with E-state index in [2.05, 4.69) is 5.32 Å². The van der Waals surface area contributed by atoms with Crippen LogP contribution in [0.15, 0.2) is 24.3 Å². The van der Waals surface area contributed by atoms with Gasteiger partial charge in [-0.3, -0.25) is 9.69 Å². The lowest BCUT2D eigenvalue weighted by Crippen LogP contribution is -2.58. The Labute approximate surface area is 203 Å². The van der Waals surface area contributed by atoms with Gasteiger partial charge in [-0.15, -0.1) is 0 Å². The molecule has 34 heavy (non-hydrogen) atoms. The average molecular weight is 482 g/mol. The van der Waals surface area contributed by atoms with Crippen LogP contribution in [-0.2, 0) is 4.74 Å². The van der Waals surface area contributed by atoms with Gasteiger partial charge in [0.25, 0.3) is 5.91 Å². The van der Waals surface area contributed by atoms with Gasteiger partial charge in [0, 0.05) is 38.8 Å². The lowest BCUT2D eigenvalue weighted by Gasteiger charge is -2.43. The van der Waals surface area contributed by atoms with Crippen LogP contribution in [-0.4, -0.2) is 78.2 Å². The van der Waals surface area contributed by atoms with Crippen LogP contribution in [0.2, 0.25) is 0 Å². The van der Waals surface area contributed by atoms with E-state index in [0.29, 0.717) is 43.9 Å². The van der Waals surface area contributed by atoms with E-state index in [0.717, 1.165) is 0 Å². The lowest BCUT2D eigenvalue weighted by atomic mass is 9.85. The first kappa shape index (κ1) is 29.7. The third-order valence-electron chi connectivity index (χ3n) is 5.84. The minimum Gasteiger partial charge on any atom is -0.493 e. The summed E-state index contributed by atoms with van der Waals surface area (Å²) in [5.74, 6) is 0.270. The quantitative estimate of drug-likeness (QED) is 0.300. The molecule has 1 aromatic rings. The molecule has 0 saturated heterocycles. The number of benzene rings is 1. The van der Waals surface area contributed by atoms with Crippen LogP contribution in [0.25, 0.3) is 0 Å². The van der Waals surface area contributed by atoms with Crippen molar-refractivity contribution >= 4 is 12.0 Å². The van der Waals surface area contributed by atoms with Crippen molar-refractivity contribution in [1.82, 2.24) is 10.2 Å². The van der Waals surface area contributed by atoms with Gasteiger partial charge in [-0.1, -0.05) is 26.0 Å². The molecule has 9 heteroatoms. The maximum absolute atomic E-state index is 13.0. The highest BCUT2D eigenvalue weighted by Gasteiger charge is 2.38. The van der Waals surface area contributed by atoms with Gasteiger partial charge in [-0.25, -0.2) is 4.79 Å². The smallest absolute Gasteiger partial charge is 0.408 e. The van der Waals surface area contributed by atoms with Crippen molar-refractivity contribution in [2.24, 2.45) is 17.6 Å². The highest BCUT2D eigenvalue weighted by atomic mass is 16.5. The summed E-state index contributed by atoms with van der Waals surface area (Å²) in [5, 5.41) is 23.4. The SMILES string of the molecule is COCCCOc1ccccc1C(=O)NC[C@@H](C[C@@H]([C@@H](O)CN)N(C(=O)O)C(C)(C)C)C(C)C. The van der Waals surface area contributed by atoms with Gasteiger partial charge >= 0.3 is 6.09 Å². The molecule has 9 nitrogen and oxygen atoms in total. The molecular formula is C25H43N3O6. The molecule has 0 bridgehead atoms. The molecule has 0 heterocycles. The minimum absolute atomic E-state index is 0.0600. The molecule has 0 fully saturated rings. The highest BCUT2D eigenvalue weighted by molar-refractivity contribution is 5.96. The fourth-order valence-corrected chi connectivity index (χ4v) is 3.90. The first-order chi connectivity index (χ1) is 15.9. The van der Waals surface area contributed by atoms with E-state index in [1.165, 1.54) is 4.90 Å². The van der Waals surface area contributed by atoms with Crippen molar-refractivity contribution in [2.45, 2.75) is 65.1 Å². The van der Waals surface area contributed by atoms with Gasteiger partial charge < -0.3 is 30.7 Å². The van der Waals surface area contributed by atoms with E-state index in [-0.39, 0.29) is 24.3 Å². The monoisotopic (exact) mass is 481 g/mol. The molecule has 0 saturated carbocycles.